The molecule has 1 aromatic heterocycles. The van der Waals surface area contributed by atoms with Crippen molar-refractivity contribution in [3.05, 3.63) is 17.5 Å². The number of likely N-dealkylation sites (tertiary alicyclic amines) is 1. The number of nitrogens with one attached hydrogen (secondary N) is 2. The van der Waals surface area contributed by atoms with Gasteiger partial charge in [-0.1, -0.05) is 0 Å². The van der Waals surface area contributed by atoms with Crippen molar-refractivity contribution < 1.29 is 14.6 Å². The standard InChI is InChI=1S/C13H20N4O3.2ClH/c18-12(19)11-10(7-15-16-11)8-17-4-1-13(2-5-17)9-14-3-6-20-13;;/h7,14H,1-6,8-9H2,(H,15,16)(H,18,19);2*1H. The lowest BCUT2D eigenvalue weighted by atomic mass is 9.90. The predicted octanol–water partition coefficient (Wildman–Crippen LogP) is 0.906. The number of aromatic carboxylic acids is 1. The molecular formula is C13H22Cl2N4O3. The van der Waals surface area contributed by atoms with Gasteiger partial charge >= 0.3 is 5.97 Å². The summed E-state index contributed by atoms with van der Waals surface area (Å²) in [7, 11) is 0. The van der Waals surface area contributed by atoms with Crippen LogP contribution in [0.15, 0.2) is 6.20 Å². The SMILES string of the molecule is Cl.Cl.O=C(O)c1[nH]ncc1CN1CCC2(CC1)CNCCO2. The van der Waals surface area contributed by atoms with E-state index in [0.29, 0.717) is 6.54 Å². The third-order valence-electron chi connectivity index (χ3n) is 4.23. The highest BCUT2D eigenvalue weighted by Gasteiger charge is 2.37. The summed E-state index contributed by atoms with van der Waals surface area (Å²) in [5.74, 6) is -0.953. The van der Waals surface area contributed by atoms with Gasteiger partial charge in [-0.25, -0.2) is 4.79 Å². The minimum Gasteiger partial charge on any atom is -0.477 e. The summed E-state index contributed by atoms with van der Waals surface area (Å²) in [6, 6.07) is 0. The average molecular weight is 353 g/mol. The van der Waals surface area contributed by atoms with E-state index in [0.717, 1.165) is 51.2 Å². The number of hydrogen-bond donors (Lipinski definition) is 3. The average Bonchev–Trinajstić information content (AvgIpc) is 2.91. The van der Waals surface area contributed by atoms with Gasteiger partial charge in [0.2, 0.25) is 0 Å². The van der Waals surface area contributed by atoms with Crippen molar-refractivity contribution in [1.29, 1.82) is 0 Å². The van der Waals surface area contributed by atoms with E-state index in [-0.39, 0.29) is 36.1 Å². The minimum absolute atomic E-state index is 0. The number of carboxylic acids is 1. The maximum Gasteiger partial charge on any atom is 0.354 e. The third-order valence-corrected chi connectivity index (χ3v) is 4.23. The first-order valence-electron chi connectivity index (χ1n) is 7.01. The van der Waals surface area contributed by atoms with E-state index in [1.165, 1.54) is 0 Å². The Morgan fingerprint density at radius 1 is 1.41 bits per heavy atom. The molecule has 0 aliphatic carbocycles. The Hall–Kier alpha value is -0.860. The fourth-order valence-corrected chi connectivity index (χ4v) is 3.00. The molecule has 22 heavy (non-hydrogen) atoms. The van der Waals surface area contributed by atoms with Crippen LogP contribution >= 0.6 is 24.8 Å². The zero-order valence-electron chi connectivity index (χ0n) is 12.2. The van der Waals surface area contributed by atoms with Gasteiger partial charge in [-0.15, -0.1) is 24.8 Å². The number of morpholine rings is 1. The third kappa shape index (κ3) is 4.11. The first-order chi connectivity index (χ1) is 9.69. The number of carbonyl (C=O) groups is 1. The van der Waals surface area contributed by atoms with Crippen molar-refractivity contribution in [2.45, 2.75) is 25.0 Å². The van der Waals surface area contributed by atoms with Gasteiger partial charge in [0.25, 0.3) is 0 Å². The summed E-state index contributed by atoms with van der Waals surface area (Å²) < 4.78 is 5.95. The van der Waals surface area contributed by atoms with Gasteiger partial charge in [-0.3, -0.25) is 10.00 Å². The highest BCUT2D eigenvalue weighted by Crippen LogP contribution is 2.28. The number of hydrogen-bond acceptors (Lipinski definition) is 5. The van der Waals surface area contributed by atoms with Gasteiger partial charge in [0, 0.05) is 38.3 Å². The van der Waals surface area contributed by atoms with Gasteiger partial charge in [0.1, 0.15) is 5.69 Å². The van der Waals surface area contributed by atoms with Crippen molar-refractivity contribution in [3.8, 4) is 0 Å². The number of rotatable bonds is 3. The van der Waals surface area contributed by atoms with Crippen LogP contribution in [0.3, 0.4) is 0 Å². The maximum absolute atomic E-state index is 11.0. The molecule has 2 saturated heterocycles. The Bertz CT molecular complexity index is 481. The Morgan fingerprint density at radius 2 is 2.14 bits per heavy atom. The zero-order valence-corrected chi connectivity index (χ0v) is 13.8. The molecule has 3 heterocycles. The number of halogens is 2. The molecule has 126 valence electrons. The second-order valence-corrected chi connectivity index (χ2v) is 5.56. The molecule has 1 aromatic rings. The second-order valence-electron chi connectivity index (χ2n) is 5.56. The molecule has 9 heteroatoms. The summed E-state index contributed by atoms with van der Waals surface area (Å²) in [6.45, 7) is 5.11. The molecule has 3 N–H and O–H groups in total. The summed E-state index contributed by atoms with van der Waals surface area (Å²) >= 11 is 0. The number of aromatic amines is 1. The van der Waals surface area contributed by atoms with Gasteiger partial charge < -0.3 is 15.2 Å². The van der Waals surface area contributed by atoms with E-state index in [9.17, 15) is 4.79 Å². The van der Waals surface area contributed by atoms with Crippen LogP contribution in [-0.4, -0.2) is 64.6 Å². The second kappa shape index (κ2) is 8.12. The van der Waals surface area contributed by atoms with Crippen LogP contribution in [0.4, 0.5) is 0 Å². The number of piperidine rings is 1. The lowest BCUT2D eigenvalue weighted by Crippen LogP contribution is -2.55. The fourth-order valence-electron chi connectivity index (χ4n) is 3.00. The van der Waals surface area contributed by atoms with Crippen LogP contribution in [0.2, 0.25) is 0 Å². The van der Waals surface area contributed by atoms with E-state index < -0.39 is 5.97 Å². The molecule has 0 radical (unpaired) electrons. The molecule has 0 saturated carbocycles. The summed E-state index contributed by atoms with van der Waals surface area (Å²) in [6.07, 6.45) is 3.58. The zero-order chi connectivity index (χ0) is 14.0. The minimum atomic E-state index is -0.953. The monoisotopic (exact) mass is 352 g/mol. The fraction of sp³-hybridized carbons (Fsp3) is 0.692. The van der Waals surface area contributed by atoms with Gasteiger partial charge in [-0.05, 0) is 12.8 Å². The molecule has 2 fully saturated rings. The molecule has 2 aliphatic heterocycles. The summed E-state index contributed by atoms with van der Waals surface area (Å²) in [5, 5.41) is 18.8. The van der Waals surface area contributed by atoms with Crippen LogP contribution in [0.1, 0.15) is 28.9 Å². The smallest absolute Gasteiger partial charge is 0.354 e. The van der Waals surface area contributed by atoms with E-state index in [1.807, 2.05) is 0 Å². The van der Waals surface area contributed by atoms with Crippen molar-refractivity contribution in [2.75, 3.05) is 32.8 Å². The molecule has 0 bridgehead atoms. The predicted molar refractivity (Wildman–Crippen MR) is 86.1 cm³/mol. The maximum atomic E-state index is 11.0. The highest BCUT2D eigenvalue weighted by molar-refractivity contribution is 5.86. The quantitative estimate of drug-likeness (QED) is 0.748. The van der Waals surface area contributed by atoms with E-state index in [2.05, 4.69) is 20.4 Å². The van der Waals surface area contributed by atoms with Crippen LogP contribution in [0.5, 0.6) is 0 Å². The molecule has 0 atom stereocenters. The topological polar surface area (TPSA) is 90.5 Å². The van der Waals surface area contributed by atoms with Crippen molar-refractivity contribution in [2.24, 2.45) is 0 Å². The lowest BCUT2D eigenvalue weighted by Gasteiger charge is -2.44. The summed E-state index contributed by atoms with van der Waals surface area (Å²) in [5.41, 5.74) is 0.929. The highest BCUT2D eigenvalue weighted by atomic mass is 35.5. The Kier molecular flexibility index (Phi) is 7.08. The largest absolute Gasteiger partial charge is 0.477 e. The molecule has 2 aliphatic rings. The van der Waals surface area contributed by atoms with Crippen LogP contribution < -0.4 is 5.32 Å². The molecule has 3 rings (SSSR count). The van der Waals surface area contributed by atoms with Crippen molar-refractivity contribution in [3.63, 3.8) is 0 Å². The number of ether oxygens (including phenoxy) is 1. The van der Waals surface area contributed by atoms with E-state index >= 15 is 0 Å². The number of aromatic nitrogens is 2. The number of nitrogens with zero attached hydrogens (tertiary/aromatic N) is 2. The van der Waals surface area contributed by atoms with Gasteiger partial charge in [-0.2, -0.15) is 5.10 Å². The van der Waals surface area contributed by atoms with Crippen LogP contribution in [0, 0.1) is 0 Å². The van der Waals surface area contributed by atoms with E-state index in [4.69, 9.17) is 9.84 Å². The lowest BCUT2D eigenvalue weighted by molar-refractivity contribution is -0.100. The summed E-state index contributed by atoms with van der Waals surface area (Å²) in [4.78, 5) is 13.3. The van der Waals surface area contributed by atoms with Crippen molar-refractivity contribution in [1.82, 2.24) is 20.4 Å². The van der Waals surface area contributed by atoms with E-state index in [1.54, 1.807) is 6.20 Å². The molecule has 1 spiro atoms. The Labute approximate surface area is 141 Å². The number of carboxylic acid groups (broad SMARTS) is 1. The normalized spacial score (nSPS) is 20.9. The first kappa shape index (κ1) is 19.2. The molecule has 7 nitrogen and oxygen atoms in total. The molecule has 0 aromatic carbocycles. The van der Waals surface area contributed by atoms with Crippen molar-refractivity contribution >= 4 is 30.8 Å². The molecular weight excluding hydrogens is 331 g/mol. The molecule has 0 amide bonds. The Balaban J connectivity index is 0.00000121. The van der Waals surface area contributed by atoms with Crippen LogP contribution in [0.25, 0.3) is 0 Å². The van der Waals surface area contributed by atoms with Gasteiger partial charge in [0.15, 0.2) is 0 Å². The first-order valence-corrected chi connectivity index (χ1v) is 7.01. The molecule has 0 unspecified atom stereocenters. The Morgan fingerprint density at radius 3 is 2.73 bits per heavy atom. The number of H-pyrrole nitrogens is 1. The van der Waals surface area contributed by atoms with Gasteiger partial charge in [0.05, 0.1) is 18.4 Å². The van der Waals surface area contributed by atoms with Crippen LogP contribution in [-0.2, 0) is 11.3 Å².